The Morgan fingerprint density at radius 1 is 1.00 bits per heavy atom. The van der Waals surface area contributed by atoms with E-state index in [9.17, 15) is 0 Å². The molecule has 11 nitrogen and oxygen atoms in total. The normalized spacial score (nSPS) is 17.3. The van der Waals surface area contributed by atoms with Crippen molar-refractivity contribution in [1.82, 2.24) is 20.2 Å². The fourth-order valence-electron chi connectivity index (χ4n) is 5.35. The van der Waals surface area contributed by atoms with Crippen LogP contribution in [0.1, 0.15) is 25.7 Å². The molecule has 0 radical (unpaired) electrons. The Labute approximate surface area is 244 Å². The predicted octanol–water partition coefficient (Wildman–Crippen LogP) is 5.33. The molecule has 1 saturated carbocycles. The third kappa shape index (κ3) is 5.97. The lowest BCUT2D eigenvalue weighted by Gasteiger charge is -2.34. The van der Waals surface area contributed by atoms with Gasteiger partial charge in [-0.25, -0.2) is 0 Å². The summed E-state index contributed by atoms with van der Waals surface area (Å²) < 4.78 is 28.6. The molecule has 12 heteroatoms. The first kappa shape index (κ1) is 28.7. The molecule has 1 atom stereocenters. The van der Waals surface area contributed by atoms with Gasteiger partial charge < -0.3 is 33.9 Å². The molecule has 41 heavy (non-hydrogen) atoms. The van der Waals surface area contributed by atoms with Crippen LogP contribution in [0, 0.1) is 0 Å². The van der Waals surface area contributed by atoms with Gasteiger partial charge in [-0.05, 0) is 56.0 Å². The van der Waals surface area contributed by atoms with Crippen molar-refractivity contribution in [3.8, 4) is 28.6 Å². The zero-order chi connectivity index (χ0) is 27.5. The molecule has 2 aromatic heterocycles. The van der Waals surface area contributed by atoms with Crippen LogP contribution in [0.4, 0.5) is 17.3 Å². The zero-order valence-corrected chi connectivity index (χ0v) is 24.2. The van der Waals surface area contributed by atoms with Crippen molar-refractivity contribution in [1.29, 1.82) is 0 Å². The van der Waals surface area contributed by atoms with Crippen LogP contribution in [0.15, 0.2) is 42.5 Å². The summed E-state index contributed by atoms with van der Waals surface area (Å²) in [7, 11) is 4.89. The number of nitrogens with one attached hydrogen (secondary N) is 2. The van der Waals surface area contributed by atoms with Crippen molar-refractivity contribution in [2.24, 2.45) is 0 Å². The lowest BCUT2D eigenvalue weighted by molar-refractivity contribution is -0.128. The van der Waals surface area contributed by atoms with Crippen LogP contribution in [0.25, 0.3) is 22.3 Å². The zero-order valence-electron chi connectivity index (χ0n) is 23.4. The summed E-state index contributed by atoms with van der Waals surface area (Å²) in [5.41, 5.74) is 4.01. The SMILES string of the molecule is COc1ccc(-c2n[nH]c3nc(Nc4ccccc4N4CCOC(OC)C4)nc(OC4CCCC4)c23)cc1OC.Cl. The number of nitrogens with zero attached hydrogens (tertiary/aromatic N) is 4. The van der Waals surface area contributed by atoms with Crippen LogP contribution >= 0.6 is 12.4 Å². The minimum Gasteiger partial charge on any atom is -0.493 e. The molecule has 1 unspecified atom stereocenters. The fraction of sp³-hybridized carbons (Fsp3) is 0.414. The van der Waals surface area contributed by atoms with E-state index in [2.05, 4.69) is 26.5 Å². The number of aromatic nitrogens is 4. The Bertz CT molecular complexity index is 1480. The molecule has 218 valence electrons. The Kier molecular flexibility index (Phi) is 8.96. The number of methoxy groups -OCH3 is 3. The first-order valence-corrected chi connectivity index (χ1v) is 13.6. The summed E-state index contributed by atoms with van der Waals surface area (Å²) in [5, 5.41) is 11.9. The summed E-state index contributed by atoms with van der Waals surface area (Å²) >= 11 is 0. The standard InChI is InChI=1S/C29H34N6O5.ClH/c1-36-22-13-12-18(16-23(22)37-2)26-25-27(34-33-26)31-29(32-28(25)40-19-8-4-5-9-19)30-20-10-6-7-11-21(20)35-14-15-39-24(17-35)38-3;/h6-7,10-13,16,19,24H,4-5,8-9,14-15,17H2,1-3H3,(H2,30,31,32,33,34);1H. The van der Waals surface area contributed by atoms with Gasteiger partial charge in [0, 0.05) is 19.2 Å². The number of ether oxygens (including phenoxy) is 5. The van der Waals surface area contributed by atoms with Crippen molar-refractivity contribution in [2.75, 3.05) is 51.2 Å². The molecule has 6 rings (SSSR count). The number of aromatic amines is 1. The van der Waals surface area contributed by atoms with Gasteiger partial charge in [0.25, 0.3) is 0 Å². The average Bonchev–Trinajstić information content (AvgIpc) is 3.67. The van der Waals surface area contributed by atoms with Crippen LogP contribution in [-0.4, -0.2) is 73.6 Å². The molecule has 2 aliphatic rings. The largest absolute Gasteiger partial charge is 0.493 e. The van der Waals surface area contributed by atoms with Gasteiger partial charge in [-0.15, -0.1) is 12.4 Å². The number of benzene rings is 2. The molecule has 0 bridgehead atoms. The molecule has 1 aliphatic heterocycles. The number of rotatable bonds is 9. The Balaban J connectivity index is 0.00000337. The van der Waals surface area contributed by atoms with Crippen LogP contribution in [-0.2, 0) is 9.47 Å². The molecule has 1 aliphatic carbocycles. The maximum Gasteiger partial charge on any atom is 0.232 e. The summed E-state index contributed by atoms with van der Waals surface area (Å²) in [6.45, 7) is 1.96. The van der Waals surface area contributed by atoms with Gasteiger partial charge in [0.05, 0.1) is 38.7 Å². The van der Waals surface area contributed by atoms with Crippen LogP contribution < -0.4 is 24.4 Å². The summed E-state index contributed by atoms with van der Waals surface area (Å²) in [4.78, 5) is 11.9. The van der Waals surface area contributed by atoms with Crippen molar-refractivity contribution in [2.45, 2.75) is 38.1 Å². The molecule has 1 saturated heterocycles. The molecule has 0 amide bonds. The second-order valence-electron chi connectivity index (χ2n) is 9.87. The smallest absolute Gasteiger partial charge is 0.232 e. The van der Waals surface area contributed by atoms with Crippen LogP contribution in [0.5, 0.6) is 17.4 Å². The second-order valence-corrected chi connectivity index (χ2v) is 9.87. The molecule has 2 N–H and O–H groups in total. The molecule has 2 aromatic carbocycles. The number of hydrogen-bond donors (Lipinski definition) is 2. The average molecular weight is 583 g/mol. The number of hydrogen-bond acceptors (Lipinski definition) is 10. The lowest BCUT2D eigenvalue weighted by Crippen LogP contribution is -2.43. The van der Waals surface area contributed by atoms with E-state index in [1.165, 1.54) is 0 Å². The van der Waals surface area contributed by atoms with Crippen LogP contribution in [0.2, 0.25) is 0 Å². The van der Waals surface area contributed by atoms with Crippen molar-refractivity contribution < 1.29 is 23.7 Å². The number of para-hydroxylation sites is 2. The molecule has 4 aromatic rings. The highest BCUT2D eigenvalue weighted by Crippen LogP contribution is 2.39. The third-order valence-electron chi connectivity index (χ3n) is 7.41. The van der Waals surface area contributed by atoms with Crippen molar-refractivity contribution >= 4 is 40.8 Å². The topological polar surface area (TPSA) is 116 Å². The Morgan fingerprint density at radius 2 is 1.80 bits per heavy atom. The molecule has 3 heterocycles. The molecule has 2 fully saturated rings. The highest BCUT2D eigenvalue weighted by molar-refractivity contribution is 5.96. The van der Waals surface area contributed by atoms with Gasteiger partial charge in [0.1, 0.15) is 17.2 Å². The van der Waals surface area contributed by atoms with E-state index in [-0.39, 0.29) is 24.8 Å². The van der Waals surface area contributed by atoms with Crippen LogP contribution in [0.3, 0.4) is 0 Å². The maximum absolute atomic E-state index is 6.51. The summed E-state index contributed by atoms with van der Waals surface area (Å²) in [6, 6.07) is 13.8. The molecular weight excluding hydrogens is 548 g/mol. The van der Waals surface area contributed by atoms with E-state index >= 15 is 0 Å². The summed E-state index contributed by atoms with van der Waals surface area (Å²) in [6.07, 6.45) is 4.11. The molecule has 0 spiro atoms. The predicted molar refractivity (Wildman–Crippen MR) is 159 cm³/mol. The Morgan fingerprint density at radius 3 is 2.59 bits per heavy atom. The maximum atomic E-state index is 6.51. The fourth-order valence-corrected chi connectivity index (χ4v) is 5.35. The van der Waals surface area contributed by atoms with E-state index in [1.807, 2.05) is 36.4 Å². The minimum atomic E-state index is -0.277. The number of H-pyrrole nitrogens is 1. The van der Waals surface area contributed by atoms with Gasteiger partial charge in [-0.1, -0.05) is 12.1 Å². The van der Waals surface area contributed by atoms with Gasteiger partial charge >= 0.3 is 0 Å². The quantitative estimate of drug-likeness (QED) is 0.268. The number of morpholine rings is 1. The summed E-state index contributed by atoms with van der Waals surface area (Å²) in [5.74, 6) is 2.18. The first-order chi connectivity index (χ1) is 19.7. The van der Waals surface area contributed by atoms with Gasteiger partial charge in [-0.2, -0.15) is 15.1 Å². The second kappa shape index (κ2) is 12.8. The minimum absolute atomic E-state index is 0. The highest BCUT2D eigenvalue weighted by Gasteiger charge is 2.25. The van der Waals surface area contributed by atoms with E-state index < -0.39 is 0 Å². The van der Waals surface area contributed by atoms with E-state index in [0.29, 0.717) is 47.8 Å². The van der Waals surface area contributed by atoms with E-state index in [1.54, 1.807) is 21.3 Å². The van der Waals surface area contributed by atoms with Gasteiger partial charge in [0.2, 0.25) is 11.8 Å². The Hall–Kier alpha value is -3.80. The first-order valence-electron chi connectivity index (χ1n) is 13.6. The third-order valence-corrected chi connectivity index (χ3v) is 7.41. The lowest BCUT2D eigenvalue weighted by atomic mass is 10.1. The van der Waals surface area contributed by atoms with Crippen molar-refractivity contribution in [3.05, 3.63) is 42.5 Å². The monoisotopic (exact) mass is 582 g/mol. The van der Waals surface area contributed by atoms with E-state index in [4.69, 9.17) is 33.7 Å². The number of fused-ring (bicyclic) bond motifs is 1. The van der Waals surface area contributed by atoms with E-state index in [0.717, 1.165) is 54.6 Å². The highest BCUT2D eigenvalue weighted by atomic mass is 35.5. The molecular formula is C29H35ClN6O5. The van der Waals surface area contributed by atoms with Gasteiger partial charge in [0.15, 0.2) is 23.4 Å². The number of anilines is 3. The number of halogens is 1. The van der Waals surface area contributed by atoms with Crippen molar-refractivity contribution in [3.63, 3.8) is 0 Å². The van der Waals surface area contributed by atoms with Gasteiger partial charge in [-0.3, -0.25) is 5.10 Å².